The molecule has 2 fully saturated rings. The monoisotopic (exact) mass is 348 g/mol. The first-order valence-electron chi connectivity index (χ1n) is 8.93. The Labute approximate surface area is 149 Å². The lowest BCUT2D eigenvalue weighted by Crippen LogP contribution is -2.54. The van der Waals surface area contributed by atoms with E-state index >= 15 is 0 Å². The molecule has 2 aliphatic rings. The third kappa shape index (κ3) is 3.66. The quantitative estimate of drug-likeness (QED) is 0.885. The van der Waals surface area contributed by atoms with Crippen molar-refractivity contribution in [2.24, 2.45) is 11.8 Å². The standard InChI is InChI=1S/C19H28N2O4/c1-13(2)16-21-17(14(3)4)24-11-19(21,10-23-16)12-25-18(22)20-15-8-6-5-7-9-15/h5-9,13-14,16-17H,10-12H2,1-4H3,(H,20,22)/t16-,17-/m1/s1. The van der Waals surface area contributed by atoms with Crippen LogP contribution in [0.1, 0.15) is 27.7 Å². The summed E-state index contributed by atoms with van der Waals surface area (Å²) in [5.74, 6) is 0.672. The highest BCUT2D eigenvalue weighted by atomic mass is 16.6. The van der Waals surface area contributed by atoms with Gasteiger partial charge in [0.1, 0.15) is 24.6 Å². The molecule has 2 saturated heterocycles. The summed E-state index contributed by atoms with van der Waals surface area (Å²) in [4.78, 5) is 14.4. The van der Waals surface area contributed by atoms with E-state index in [-0.39, 0.29) is 19.1 Å². The summed E-state index contributed by atoms with van der Waals surface area (Å²) in [5, 5.41) is 2.75. The van der Waals surface area contributed by atoms with Crippen LogP contribution in [-0.4, -0.2) is 48.8 Å². The van der Waals surface area contributed by atoms with Gasteiger partial charge in [0.25, 0.3) is 0 Å². The van der Waals surface area contributed by atoms with Crippen molar-refractivity contribution >= 4 is 11.8 Å². The van der Waals surface area contributed by atoms with Gasteiger partial charge in [-0.1, -0.05) is 45.9 Å². The van der Waals surface area contributed by atoms with E-state index in [1.807, 2.05) is 30.3 Å². The number of para-hydroxylation sites is 1. The van der Waals surface area contributed by atoms with E-state index in [2.05, 4.69) is 37.9 Å². The van der Waals surface area contributed by atoms with Crippen molar-refractivity contribution in [2.45, 2.75) is 45.7 Å². The van der Waals surface area contributed by atoms with Gasteiger partial charge in [0.2, 0.25) is 0 Å². The molecule has 2 atom stereocenters. The van der Waals surface area contributed by atoms with Gasteiger partial charge in [0.05, 0.1) is 13.2 Å². The third-order valence-corrected chi connectivity index (χ3v) is 4.77. The van der Waals surface area contributed by atoms with Gasteiger partial charge in [0, 0.05) is 5.69 Å². The fourth-order valence-corrected chi connectivity index (χ4v) is 3.58. The predicted octanol–water partition coefficient (Wildman–Crippen LogP) is 3.30. The zero-order chi connectivity index (χ0) is 18.0. The molecule has 3 rings (SSSR count). The molecule has 138 valence electrons. The number of nitrogens with zero attached hydrogens (tertiary/aromatic N) is 1. The van der Waals surface area contributed by atoms with Gasteiger partial charge in [-0.05, 0) is 24.0 Å². The lowest BCUT2D eigenvalue weighted by molar-refractivity contribution is -0.0959. The van der Waals surface area contributed by atoms with Gasteiger partial charge in [-0.2, -0.15) is 0 Å². The maximum atomic E-state index is 12.2. The van der Waals surface area contributed by atoms with Crippen LogP contribution in [0.2, 0.25) is 0 Å². The van der Waals surface area contributed by atoms with E-state index in [1.54, 1.807) is 0 Å². The molecule has 25 heavy (non-hydrogen) atoms. The number of benzene rings is 1. The van der Waals surface area contributed by atoms with Crippen molar-refractivity contribution in [1.82, 2.24) is 4.90 Å². The Morgan fingerprint density at radius 2 is 1.72 bits per heavy atom. The van der Waals surface area contributed by atoms with Crippen LogP contribution < -0.4 is 5.32 Å². The number of fused-ring (bicyclic) bond motifs is 1. The smallest absolute Gasteiger partial charge is 0.411 e. The topological polar surface area (TPSA) is 60.0 Å². The summed E-state index contributed by atoms with van der Waals surface area (Å²) in [6.07, 6.45) is -0.493. The van der Waals surface area contributed by atoms with E-state index in [9.17, 15) is 4.79 Å². The minimum absolute atomic E-state index is 0.0179. The summed E-state index contributed by atoms with van der Waals surface area (Å²) in [6, 6.07) is 9.29. The van der Waals surface area contributed by atoms with Gasteiger partial charge < -0.3 is 14.2 Å². The van der Waals surface area contributed by atoms with Crippen LogP contribution >= 0.6 is 0 Å². The molecule has 0 radical (unpaired) electrons. The molecular formula is C19H28N2O4. The Morgan fingerprint density at radius 3 is 2.24 bits per heavy atom. The largest absolute Gasteiger partial charge is 0.447 e. The Hall–Kier alpha value is -1.63. The van der Waals surface area contributed by atoms with Crippen molar-refractivity contribution in [3.05, 3.63) is 30.3 Å². The van der Waals surface area contributed by atoms with Crippen molar-refractivity contribution in [3.8, 4) is 0 Å². The fourth-order valence-electron chi connectivity index (χ4n) is 3.58. The predicted molar refractivity (Wildman–Crippen MR) is 95.1 cm³/mol. The van der Waals surface area contributed by atoms with Crippen LogP contribution in [0.25, 0.3) is 0 Å². The first kappa shape index (κ1) is 18.2. The summed E-state index contributed by atoms with van der Waals surface area (Å²) in [5.41, 5.74) is 0.310. The number of anilines is 1. The molecule has 1 aromatic rings. The number of rotatable bonds is 5. The maximum absolute atomic E-state index is 12.2. The molecule has 0 unspecified atom stereocenters. The number of carbonyl (C=O) groups is 1. The number of hydrogen-bond donors (Lipinski definition) is 1. The van der Waals surface area contributed by atoms with Crippen LogP contribution in [-0.2, 0) is 14.2 Å². The summed E-state index contributed by atoms with van der Waals surface area (Å²) >= 11 is 0. The molecule has 0 saturated carbocycles. The van der Waals surface area contributed by atoms with Crippen molar-refractivity contribution in [3.63, 3.8) is 0 Å². The lowest BCUT2D eigenvalue weighted by Gasteiger charge is -2.36. The number of carbonyl (C=O) groups excluding carboxylic acids is 1. The first-order valence-corrected chi connectivity index (χ1v) is 8.93. The van der Waals surface area contributed by atoms with Crippen LogP contribution in [0.3, 0.4) is 0 Å². The van der Waals surface area contributed by atoms with Crippen molar-refractivity contribution < 1.29 is 19.0 Å². The molecule has 1 N–H and O–H groups in total. The number of hydrogen-bond acceptors (Lipinski definition) is 5. The normalized spacial score (nSPS) is 25.4. The summed E-state index contributed by atoms with van der Waals surface area (Å²) in [7, 11) is 0. The van der Waals surface area contributed by atoms with Crippen LogP contribution in [0.5, 0.6) is 0 Å². The molecule has 0 bridgehead atoms. The van der Waals surface area contributed by atoms with E-state index in [4.69, 9.17) is 14.2 Å². The van der Waals surface area contributed by atoms with Gasteiger partial charge in [-0.3, -0.25) is 5.32 Å². The zero-order valence-corrected chi connectivity index (χ0v) is 15.4. The molecule has 6 heteroatoms. The molecular weight excluding hydrogens is 320 g/mol. The molecule has 2 heterocycles. The number of ether oxygens (including phenoxy) is 3. The van der Waals surface area contributed by atoms with E-state index in [0.29, 0.717) is 30.7 Å². The third-order valence-electron chi connectivity index (χ3n) is 4.77. The fraction of sp³-hybridized carbons (Fsp3) is 0.632. The molecule has 0 aromatic heterocycles. The van der Waals surface area contributed by atoms with Crippen molar-refractivity contribution in [2.75, 3.05) is 25.1 Å². The van der Waals surface area contributed by atoms with Gasteiger partial charge in [0.15, 0.2) is 0 Å². The molecule has 0 aliphatic carbocycles. The van der Waals surface area contributed by atoms with E-state index in [0.717, 1.165) is 0 Å². The highest BCUT2D eigenvalue weighted by Gasteiger charge is 2.57. The lowest BCUT2D eigenvalue weighted by atomic mass is 10.00. The number of amides is 1. The number of nitrogens with one attached hydrogen (secondary N) is 1. The highest BCUT2D eigenvalue weighted by molar-refractivity contribution is 5.84. The molecule has 1 aromatic carbocycles. The average Bonchev–Trinajstić information content (AvgIpc) is 3.10. The summed E-state index contributed by atoms with van der Waals surface area (Å²) < 4.78 is 17.6. The van der Waals surface area contributed by atoms with Crippen molar-refractivity contribution in [1.29, 1.82) is 0 Å². The summed E-state index contributed by atoms with van der Waals surface area (Å²) in [6.45, 7) is 9.82. The van der Waals surface area contributed by atoms with Gasteiger partial charge >= 0.3 is 6.09 Å². The second-order valence-electron chi connectivity index (χ2n) is 7.59. The average molecular weight is 348 g/mol. The second-order valence-corrected chi connectivity index (χ2v) is 7.59. The highest BCUT2D eigenvalue weighted by Crippen LogP contribution is 2.41. The molecule has 1 amide bonds. The van der Waals surface area contributed by atoms with Crippen LogP contribution in [0, 0.1) is 11.8 Å². The Kier molecular flexibility index (Phi) is 5.32. The molecule has 6 nitrogen and oxygen atoms in total. The van der Waals surface area contributed by atoms with Crippen LogP contribution in [0.15, 0.2) is 30.3 Å². The van der Waals surface area contributed by atoms with Crippen LogP contribution in [0.4, 0.5) is 10.5 Å². The SMILES string of the molecule is CC(C)[C@H]1OCC2(COC(=O)Nc3ccccc3)CO[C@H](C(C)C)N12. The first-order chi connectivity index (χ1) is 11.9. The maximum Gasteiger partial charge on any atom is 0.411 e. The second kappa shape index (κ2) is 7.32. The molecule has 0 spiro atoms. The Balaban J connectivity index is 1.67. The zero-order valence-electron chi connectivity index (χ0n) is 15.4. The minimum Gasteiger partial charge on any atom is -0.447 e. The van der Waals surface area contributed by atoms with E-state index in [1.165, 1.54) is 0 Å². The van der Waals surface area contributed by atoms with Gasteiger partial charge in [-0.25, -0.2) is 9.69 Å². The Morgan fingerprint density at radius 1 is 1.16 bits per heavy atom. The molecule has 2 aliphatic heterocycles. The van der Waals surface area contributed by atoms with E-state index < -0.39 is 11.6 Å². The minimum atomic E-state index is -0.457. The Bertz CT molecular complexity index is 570. The van der Waals surface area contributed by atoms with Gasteiger partial charge in [-0.15, -0.1) is 0 Å².